The van der Waals surface area contributed by atoms with Crippen molar-refractivity contribution in [3.8, 4) is 23.0 Å². The number of amides is 3. The summed E-state index contributed by atoms with van der Waals surface area (Å²) in [5, 5.41) is 8.73. The zero-order valence-corrected chi connectivity index (χ0v) is 27.1. The number of thioether (sulfide) groups is 1. The average molecular weight is 662 g/mol. The Morgan fingerprint density at radius 2 is 1.39 bits per heavy atom. The Morgan fingerprint density at radius 3 is 2.07 bits per heavy atom. The highest BCUT2D eigenvalue weighted by atomic mass is 35.5. The van der Waals surface area contributed by atoms with Crippen LogP contribution in [0.15, 0.2) is 95.5 Å². The van der Waals surface area contributed by atoms with Crippen molar-refractivity contribution in [2.24, 2.45) is 0 Å². The first-order valence-electron chi connectivity index (χ1n) is 13.8. The van der Waals surface area contributed by atoms with Crippen molar-refractivity contribution in [3.05, 3.63) is 107 Å². The molecule has 0 saturated carbocycles. The minimum Gasteiger partial charge on any atom is -0.496 e. The molecular formula is C34H32ClN3O7S. The van der Waals surface area contributed by atoms with Crippen molar-refractivity contribution in [2.45, 2.75) is 4.90 Å². The monoisotopic (exact) mass is 661 g/mol. The smallest absolute Gasteiger partial charge is 0.272 e. The van der Waals surface area contributed by atoms with E-state index in [0.717, 1.165) is 4.90 Å². The maximum Gasteiger partial charge on any atom is 0.272 e. The van der Waals surface area contributed by atoms with Gasteiger partial charge in [-0.1, -0.05) is 35.9 Å². The first-order valence-corrected chi connectivity index (χ1v) is 15.2. The number of methoxy groups -OCH3 is 4. The van der Waals surface area contributed by atoms with Crippen LogP contribution in [0.1, 0.15) is 15.9 Å². The summed E-state index contributed by atoms with van der Waals surface area (Å²) in [6, 6.07) is 23.8. The predicted octanol–water partition coefficient (Wildman–Crippen LogP) is 6.51. The van der Waals surface area contributed by atoms with Gasteiger partial charge in [0.1, 0.15) is 17.2 Å². The fourth-order valence-corrected chi connectivity index (χ4v) is 5.23. The average Bonchev–Trinajstić information content (AvgIpc) is 3.07. The lowest BCUT2D eigenvalue weighted by molar-refractivity contribution is -0.114. The Hall–Kier alpha value is -5.13. The number of hydrogen-bond donors (Lipinski definition) is 3. The van der Waals surface area contributed by atoms with Gasteiger partial charge in [-0.2, -0.15) is 0 Å². The molecule has 238 valence electrons. The third-order valence-corrected chi connectivity index (χ3v) is 7.75. The fraction of sp³-hybridized carbons (Fsp3) is 0.147. The van der Waals surface area contributed by atoms with Crippen LogP contribution in [0.25, 0.3) is 6.08 Å². The molecule has 4 rings (SSSR count). The molecule has 4 aromatic rings. The van der Waals surface area contributed by atoms with Crippen molar-refractivity contribution in [3.63, 3.8) is 0 Å². The Labute approximate surface area is 276 Å². The van der Waals surface area contributed by atoms with Crippen molar-refractivity contribution >= 4 is 58.5 Å². The Morgan fingerprint density at radius 1 is 0.717 bits per heavy atom. The van der Waals surface area contributed by atoms with E-state index in [2.05, 4.69) is 16.0 Å². The van der Waals surface area contributed by atoms with E-state index in [4.69, 9.17) is 30.5 Å². The lowest BCUT2D eigenvalue weighted by Crippen LogP contribution is -2.30. The molecule has 0 bridgehead atoms. The molecule has 0 unspecified atom stereocenters. The third-order valence-electron chi connectivity index (χ3n) is 6.46. The van der Waals surface area contributed by atoms with Gasteiger partial charge in [0.2, 0.25) is 5.91 Å². The fourth-order valence-electron chi connectivity index (χ4n) is 4.22. The highest BCUT2D eigenvalue weighted by molar-refractivity contribution is 8.00. The number of anilines is 2. The number of carbonyl (C=O) groups excluding carboxylic acids is 3. The third kappa shape index (κ3) is 8.96. The zero-order valence-electron chi connectivity index (χ0n) is 25.5. The van der Waals surface area contributed by atoms with Gasteiger partial charge in [0.15, 0.2) is 11.5 Å². The van der Waals surface area contributed by atoms with E-state index in [9.17, 15) is 14.4 Å². The summed E-state index contributed by atoms with van der Waals surface area (Å²) in [6.45, 7) is 0. The van der Waals surface area contributed by atoms with E-state index in [1.165, 1.54) is 46.3 Å². The second-order valence-electron chi connectivity index (χ2n) is 9.50. The highest BCUT2D eigenvalue weighted by Gasteiger charge is 2.18. The molecule has 0 saturated heterocycles. The van der Waals surface area contributed by atoms with Crippen LogP contribution < -0.4 is 34.9 Å². The van der Waals surface area contributed by atoms with Gasteiger partial charge in [0.05, 0.1) is 39.2 Å². The standard InChI is InChI=1S/C34H32ClN3O7S/c1-42-28-14-13-24(18-26(28)35)36-32(39)20-46-25-12-8-11-23(17-25)37-34(41)27(38-33(40)21-9-6-5-7-10-21)15-22-16-30(44-3)31(45-4)19-29(22)43-2/h5-19H,20H2,1-4H3,(H,36,39)(H,37,41)(H,38,40)/b27-15+. The zero-order chi connectivity index (χ0) is 33.1. The van der Waals surface area contributed by atoms with Crippen molar-refractivity contribution < 1.29 is 33.3 Å². The summed E-state index contributed by atoms with van der Waals surface area (Å²) in [4.78, 5) is 40.1. The summed E-state index contributed by atoms with van der Waals surface area (Å²) in [6.07, 6.45) is 1.49. The first-order chi connectivity index (χ1) is 22.2. The largest absolute Gasteiger partial charge is 0.496 e. The van der Waals surface area contributed by atoms with Gasteiger partial charge >= 0.3 is 0 Å². The maximum atomic E-state index is 13.6. The van der Waals surface area contributed by atoms with Crippen molar-refractivity contribution in [1.29, 1.82) is 0 Å². The second kappa shape index (κ2) is 16.3. The SMILES string of the molecule is COc1ccc(NC(=O)CSc2cccc(NC(=O)/C(=C\c3cc(OC)c(OC)cc3OC)NC(=O)c3ccccc3)c2)cc1Cl. The number of hydrogen-bond acceptors (Lipinski definition) is 8. The van der Waals surface area contributed by atoms with E-state index in [-0.39, 0.29) is 17.4 Å². The van der Waals surface area contributed by atoms with Crippen LogP contribution in [-0.2, 0) is 9.59 Å². The molecule has 3 N–H and O–H groups in total. The molecule has 0 aromatic heterocycles. The first kappa shape index (κ1) is 33.8. The second-order valence-corrected chi connectivity index (χ2v) is 11.0. The van der Waals surface area contributed by atoms with E-state index < -0.39 is 11.8 Å². The quantitative estimate of drug-likeness (QED) is 0.109. The van der Waals surface area contributed by atoms with Crippen LogP contribution in [0, 0.1) is 0 Å². The van der Waals surface area contributed by atoms with E-state index in [0.29, 0.717) is 50.5 Å². The number of ether oxygens (including phenoxy) is 4. The van der Waals surface area contributed by atoms with Crippen LogP contribution in [0.2, 0.25) is 5.02 Å². The summed E-state index contributed by atoms with van der Waals surface area (Å²) in [5.74, 6) is 0.557. The van der Waals surface area contributed by atoms with Gasteiger partial charge in [0, 0.05) is 33.5 Å². The molecule has 0 spiro atoms. The van der Waals surface area contributed by atoms with Crippen LogP contribution >= 0.6 is 23.4 Å². The molecule has 3 amide bonds. The van der Waals surface area contributed by atoms with Crippen LogP contribution in [0.4, 0.5) is 11.4 Å². The molecular weight excluding hydrogens is 630 g/mol. The van der Waals surface area contributed by atoms with E-state index >= 15 is 0 Å². The van der Waals surface area contributed by atoms with E-state index in [1.54, 1.807) is 78.9 Å². The molecule has 46 heavy (non-hydrogen) atoms. The number of benzene rings is 4. The summed E-state index contributed by atoms with van der Waals surface area (Å²) in [5.41, 5.74) is 1.79. The molecule has 4 aromatic carbocycles. The van der Waals surface area contributed by atoms with Gasteiger partial charge in [-0.3, -0.25) is 14.4 Å². The molecule has 0 aliphatic heterocycles. The normalized spacial score (nSPS) is 10.8. The molecule has 0 heterocycles. The van der Waals surface area contributed by atoms with Gasteiger partial charge in [-0.05, 0) is 60.7 Å². The Balaban J connectivity index is 1.53. The number of nitrogens with one attached hydrogen (secondary N) is 3. The van der Waals surface area contributed by atoms with Gasteiger partial charge < -0.3 is 34.9 Å². The molecule has 0 fully saturated rings. The van der Waals surface area contributed by atoms with Crippen LogP contribution in [0.5, 0.6) is 23.0 Å². The minimum absolute atomic E-state index is 0.0463. The molecule has 0 atom stereocenters. The molecule has 10 nitrogen and oxygen atoms in total. The highest BCUT2D eigenvalue weighted by Crippen LogP contribution is 2.36. The summed E-state index contributed by atoms with van der Waals surface area (Å²) >= 11 is 7.44. The minimum atomic E-state index is -0.586. The van der Waals surface area contributed by atoms with Crippen LogP contribution in [0.3, 0.4) is 0 Å². The lowest BCUT2D eigenvalue weighted by atomic mass is 10.1. The van der Waals surface area contributed by atoms with Crippen molar-refractivity contribution in [2.75, 3.05) is 44.8 Å². The predicted molar refractivity (Wildman–Crippen MR) is 180 cm³/mol. The number of rotatable bonds is 13. The number of halogens is 1. The van der Waals surface area contributed by atoms with Gasteiger partial charge in [-0.25, -0.2) is 0 Å². The van der Waals surface area contributed by atoms with Gasteiger partial charge in [-0.15, -0.1) is 11.8 Å². The Bertz CT molecular complexity index is 1750. The lowest BCUT2D eigenvalue weighted by Gasteiger charge is -2.15. The summed E-state index contributed by atoms with van der Waals surface area (Å²) in [7, 11) is 5.99. The molecule has 12 heteroatoms. The summed E-state index contributed by atoms with van der Waals surface area (Å²) < 4.78 is 21.5. The maximum absolute atomic E-state index is 13.6. The molecule has 0 aliphatic carbocycles. The van der Waals surface area contributed by atoms with Crippen LogP contribution in [-0.4, -0.2) is 51.9 Å². The number of carbonyl (C=O) groups is 3. The molecule has 0 radical (unpaired) electrons. The molecule has 0 aliphatic rings. The van der Waals surface area contributed by atoms with E-state index in [1.807, 2.05) is 6.07 Å². The van der Waals surface area contributed by atoms with Crippen molar-refractivity contribution in [1.82, 2.24) is 5.32 Å². The van der Waals surface area contributed by atoms with Gasteiger partial charge in [0.25, 0.3) is 11.8 Å². The Kier molecular flexibility index (Phi) is 11.9. The topological polar surface area (TPSA) is 124 Å².